The van der Waals surface area contributed by atoms with E-state index in [0.717, 1.165) is 0 Å². The van der Waals surface area contributed by atoms with Crippen LogP contribution in [0.25, 0.3) is 0 Å². The van der Waals surface area contributed by atoms with Crippen LogP contribution >= 0.6 is 12.6 Å². The van der Waals surface area contributed by atoms with Crippen LogP contribution in [-0.2, 0) is 30.4 Å². The van der Waals surface area contributed by atoms with E-state index < -0.39 is 53.8 Å². The molecule has 0 saturated carbocycles. The number of aromatic nitrogens is 2. The van der Waals surface area contributed by atoms with Gasteiger partial charge in [-0.05, 0) is 19.3 Å². The fraction of sp³-hybridized carbons (Fsp3) is 0.579. The Bertz CT molecular complexity index is 865. The highest BCUT2D eigenvalue weighted by Crippen LogP contribution is 2.19. The Morgan fingerprint density at radius 3 is 2.52 bits per heavy atom. The molecule has 1 aromatic heterocycles. The summed E-state index contributed by atoms with van der Waals surface area (Å²) in [4.78, 5) is 69.1. The highest BCUT2D eigenvalue weighted by molar-refractivity contribution is 7.80. The van der Waals surface area contributed by atoms with Gasteiger partial charge in [0.2, 0.25) is 23.6 Å². The topological polar surface area (TPSA) is 214 Å². The molecule has 33 heavy (non-hydrogen) atoms. The monoisotopic (exact) mass is 483 g/mol. The summed E-state index contributed by atoms with van der Waals surface area (Å²) in [5.41, 5.74) is 11.4. The van der Waals surface area contributed by atoms with Gasteiger partial charge in [0, 0.05) is 37.0 Å². The Morgan fingerprint density at radius 1 is 1.24 bits per heavy atom. The zero-order valence-electron chi connectivity index (χ0n) is 17.9. The second kappa shape index (κ2) is 12.2. The molecule has 8 N–H and O–H groups in total. The molecule has 14 heteroatoms. The van der Waals surface area contributed by atoms with Crippen LogP contribution in [0.5, 0.6) is 0 Å². The Labute approximate surface area is 195 Å². The Hall–Kier alpha value is -3.13. The number of aromatic amines is 1. The number of hydrogen-bond donors (Lipinski definition) is 7. The van der Waals surface area contributed by atoms with Crippen molar-refractivity contribution in [2.75, 3.05) is 12.3 Å². The molecule has 1 aromatic rings. The molecular formula is C19H29N7O6S. The number of carboxylic acids is 1. The van der Waals surface area contributed by atoms with E-state index >= 15 is 0 Å². The van der Waals surface area contributed by atoms with Gasteiger partial charge in [0.05, 0.1) is 12.4 Å². The number of H-pyrrole nitrogens is 1. The molecule has 0 radical (unpaired) electrons. The standard InChI is InChI=1S/C19H29N7O6S/c20-11(8-33)16(28)25-13(6-10-7-22-9-23-10)17(29)24-12(3-4-15(21)27)18(30)26-5-1-2-14(26)19(31)32/h7,9,11-14,33H,1-6,8,20H2,(H2,21,27)(H,22,23)(H,24,29)(H,25,28)(H,31,32). The number of imidazole rings is 1. The molecule has 0 aromatic carbocycles. The molecule has 0 bridgehead atoms. The zero-order valence-corrected chi connectivity index (χ0v) is 18.8. The van der Waals surface area contributed by atoms with Gasteiger partial charge in [-0.3, -0.25) is 19.2 Å². The molecule has 1 fully saturated rings. The van der Waals surface area contributed by atoms with Gasteiger partial charge in [-0.15, -0.1) is 0 Å². The van der Waals surface area contributed by atoms with Crippen molar-refractivity contribution in [3.05, 3.63) is 18.2 Å². The molecule has 1 aliphatic rings. The normalized spacial score (nSPS) is 18.2. The van der Waals surface area contributed by atoms with Crippen LogP contribution in [0.3, 0.4) is 0 Å². The summed E-state index contributed by atoms with van der Waals surface area (Å²) in [6.07, 6.45) is 3.37. The van der Waals surface area contributed by atoms with Gasteiger partial charge in [0.25, 0.3) is 0 Å². The number of carbonyl (C=O) groups excluding carboxylic acids is 4. The second-order valence-electron chi connectivity index (χ2n) is 7.73. The summed E-state index contributed by atoms with van der Waals surface area (Å²) >= 11 is 3.98. The van der Waals surface area contributed by atoms with E-state index in [0.29, 0.717) is 12.1 Å². The Balaban J connectivity index is 2.21. The number of primary amides is 1. The predicted molar refractivity (Wildman–Crippen MR) is 119 cm³/mol. The van der Waals surface area contributed by atoms with Gasteiger partial charge in [-0.1, -0.05) is 0 Å². The average Bonchev–Trinajstić information content (AvgIpc) is 3.46. The van der Waals surface area contributed by atoms with Crippen LogP contribution in [0.2, 0.25) is 0 Å². The second-order valence-corrected chi connectivity index (χ2v) is 8.09. The molecule has 182 valence electrons. The van der Waals surface area contributed by atoms with Gasteiger partial charge in [-0.2, -0.15) is 12.6 Å². The minimum atomic E-state index is -1.20. The van der Waals surface area contributed by atoms with Gasteiger partial charge < -0.3 is 37.1 Å². The smallest absolute Gasteiger partial charge is 0.326 e. The van der Waals surface area contributed by atoms with Crippen molar-refractivity contribution in [2.45, 2.75) is 56.3 Å². The molecule has 4 amide bonds. The highest BCUT2D eigenvalue weighted by Gasteiger charge is 2.38. The third-order valence-corrected chi connectivity index (χ3v) is 5.65. The third kappa shape index (κ3) is 7.46. The first-order valence-electron chi connectivity index (χ1n) is 10.4. The minimum Gasteiger partial charge on any atom is -0.480 e. The summed E-state index contributed by atoms with van der Waals surface area (Å²) in [5, 5.41) is 14.5. The molecule has 2 rings (SSSR count). The molecule has 13 nitrogen and oxygen atoms in total. The number of nitrogens with two attached hydrogens (primary N) is 2. The Morgan fingerprint density at radius 2 is 1.94 bits per heavy atom. The summed E-state index contributed by atoms with van der Waals surface area (Å²) in [6, 6.07) is -4.30. The quantitative estimate of drug-likeness (QED) is 0.158. The average molecular weight is 484 g/mol. The molecule has 1 saturated heterocycles. The molecule has 2 heterocycles. The van der Waals surface area contributed by atoms with Crippen molar-refractivity contribution < 1.29 is 29.1 Å². The first-order valence-corrected chi connectivity index (χ1v) is 11.0. The van der Waals surface area contributed by atoms with Gasteiger partial charge in [0.15, 0.2) is 0 Å². The van der Waals surface area contributed by atoms with Crippen molar-refractivity contribution in [3.63, 3.8) is 0 Å². The van der Waals surface area contributed by atoms with Crippen molar-refractivity contribution in [1.82, 2.24) is 25.5 Å². The molecule has 0 aliphatic carbocycles. The van der Waals surface area contributed by atoms with E-state index in [-0.39, 0.29) is 38.0 Å². The fourth-order valence-electron chi connectivity index (χ4n) is 3.49. The highest BCUT2D eigenvalue weighted by atomic mass is 32.1. The molecule has 4 unspecified atom stereocenters. The van der Waals surface area contributed by atoms with Gasteiger partial charge in [0.1, 0.15) is 18.1 Å². The van der Waals surface area contributed by atoms with Crippen LogP contribution < -0.4 is 22.1 Å². The van der Waals surface area contributed by atoms with Crippen LogP contribution in [-0.4, -0.2) is 86.0 Å². The maximum Gasteiger partial charge on any atom is 0.326 e. The van der Waals surface area contributed by atoms with Gasteiger partial charge in [-0.25, -0.2) is 9.78 Å². The lowest BCUT2D eigenvalue weighted by Crippen LogP contribution is -2.58. The summed E-state index contributed by atoms with van der Waals surface area (Å²) in [5.74, 6) is -3.73. The number of rotatable bonds is 12. The lowest BCUT2D eigenvalue weighted by molar-refractivity contribution is -0.149. The van der Waals surface area contributed by atoms with Gasteiger partial charge >= 0.3 is 5.97 Å². The molecule has 0 spiro atoms. The summed E-state index contributed by atoms with van der Waals surface area (Å²) < 4.78 is 0. The van der Waals surface area contributed by atoms with Crippen molar-refractivity contribution in [2.24, 2.45) is 11.5 Å². The number of carbonyl (C=O) groups is 5. The van der Waals surface area contributed by atoms with E-state index in [1.54, 1.807) is 0 Å². The zero-order chi connectivity index (χ0) is 24.5. The Kier molecular flexibility index (Phi) is 9.66. The van der Waals surface area contributed by atoms with Crippen LogP contribution in [0.4, 0.5) is 0 Å². The number of nitrogens with zero attached hydrogens (tertiary/aromatic N) is 2. The lowest BCUT2D eigenvalue weighted by Gasteiger charge is -2.28. The first kappa shape index (κ1) is 26.1. The largest absolute Gasteiger partial charge is 0.480 e. The number of carboxylic acid groups (broad SMARTS) is 1. The first-order chi connectivity index (χ1) is 15.6. The third-order valence-electron chi connectivity index (χ3n) is 5.26. The van der Waals surface area contributed by atoms with Crippen LogP contribution in [0, 0.1) is 0 Å². The van der Waals surface area contributed by atoms with Crippen molar-refractivity contribution in [1.29, 1.82) is 0 Å². The van der Waals surface area contributed by atoms with Crippen molar-refractivity contribution >= 4 is 42.2 Å². The predicted octanol–water partition coefficient (Wildman–Crippen LogP) is -2.48. The van der Waals surface area contributed by atoms with E-state index in [1.165, 1.54) is 17.4 Å². The lowest BCUT2D eigenvalue weighted by atomic mass is 10.1. The summed E-state index contributed by atoms with van der Waals surface area (Å²) in [6.45, 7) is 0.212. The number of hydrogen-bond acceptors (Lipinski definition) is 8. The van der Waals surface area contributed by atoms with Crippen LogP contribution in [0.15, 0.2) is 12.5 Å². The molecule has 1 aliphatic heterocycles. The fourth-order valence-corrected chi connectivity index (χ4v) is 3.66. The van der Waals surface area contributed by atoms with E-state index in [2.05, 4.69) is 33.2 Å². The van der Waals surface area contributed by atoms with E-state index in [9.17, 15) is 29.1 Å². The van der Waals surface area contributed by atoms with E-state index in [1.807, 2.05) is 0 Å². The maximum absolute atomic E-state index is 13.1. The minimum absolute atomic E-state index is 0.0229. The molecule has 4 atom stereocenters. The SMILES string of the molecule is NC(=O)CCC(NC(=O)C(Cc1cnc[nH]1)NC(=O)C(N)CS)C(=O)N1CCCC1C(=O)O. The number of aliphatic carboxylic acids is 1. The molecular weight excluding hydrogens is 454 g/mol. The van der Waals surface area contributed by atoms with Crippen LogP contribution in [0.1, 0.15) is 31.4 Å². The van der Waals surface area contributed by atoms with E-state index in [4.69, 9.17) is 11.5 Å². The number of likely N-dealkylation sites (tertiary alicyclic amines) is 1. The number of amides is 4. The number of nitrogens with one attached hydrogen (secondary N) is 3. The van der Waals surface area contributed by atoms with Crippen molar-refractivity contribution in [3.8, 4) is 0 Å². The number of thiol groups is 1. The maximum atomic E-state index is 13.1. The summed E-state index contributed by atoms with van der Waals surface area (Å²) in [7, 11) is 0.